The lowest BCUT2D eigenvalue weighted by Gasteiger charge is -1.89. The molecule has 0 radical (unpaired) electrons. The number of aliphatic hydroxyl groups is 1. The van der Waals surface area contributed by atoms with E-state index in [-0.39, 0.29) is 11.4 Å². The topological polar surface area (TPSA) is 78.0 Å². The molecule has 0 saturated heterocycles. The fourth-order valence-electron chi connectivity index (χ4n) is 0.203. The van der Waals surface area contributed by atoms with Gasteiger partial charge in [-0.3, -0.25) is 4.79 Å². The minimum Gasteiger partial charge on any atom is -0.466 e. The number of hydrogen-bond acceptors (Lipinski definition) is 3. The second-order valence-corrected chi connectivity index (χ2v) is 0.925. The van der Waals surface area contributed by atoms with Crippen LogP contribution in [0.4, 0.5) is 0 Å². The summed E-state index contributed by atoms with van der Waals surface area (Å²) in [5.74, 6) is -0.211. The fourth-order valence-corrected chi connectivity index (χ4v) is 0.203. The van der Waals surface area contributed by atoms with Gasteiger partial charge in [0.15, 0.2) is 0 Å². The van der Waals surface area contributed by atoms with E-state index in [4.69, 9.17) is 5.11 Å². The van der Waals surface area contributed by atoms with Crippen molar-refractivity contribution in [1.29, 1.82) is 0 Å². The van der Waals surface area contributed by atoms with Crippen LogP contribution in [-0.4, -0.2) is 30.3 Å². The van der Waals surface area contributed by atoms with E-state index >= 15 is 0 Å². The SMILES string of the molecule is CCOC(C)=O.CO.O. The van der Waals surface area contributed by atoms with Crippen LogP contribution >= 0.6 is 0 Å². The smallest absolute Gasteiger partial charge is 0.302 e. The third kappa shape index (κ3) is 37.6. The summed E-state index contributed by atoms with van der Waals surface area (Å²) in [6, 6.07) is 0. The third-order valence-electron chi connectivity index (χ3n) is 0.348. The van der Waals surface area contributed by atoms with Gasteiger partial charge in [-0.2, -0.15) is 0 Å². The first-order chi connectivity index (χ1) is 3.77. The van der Waals surface area contributed by atoms with Crippen molar-refractivity contribution >= 4 is 5.97 Å². The Morgan fingerprint density at radius 2 is 1.89 bits per heavy atom. The molecule has 0 bridgehead atoms. The van der Waals surface area contributed by atoms with Gasteiger partial charge in [-0.05, 0) is 6.92 Å². The molecule has 0 unspecified atom stereocenters. The number of carbonyl (C=O) groups is 1. The summed E-state index contributed by atoms with van der Waals surface area (Å²) in [5, 5.41) is 7.00. The second kappa shape index (κ2) is 15.7. The molecule has 9 heavy (non-hydrogen) atoms. The van der Waals surface area contributed by atoms with Gasteiger partial charge < -0.3 is 15.3 Å². The van der Waals surface area contributed by atoms with Crippen LogP contribution in [0.1, 0.15) is 13.8 Å². The Kier molecular flexibility index (Phi) is 27.4. The van der Waals surface area contributed by atoms with Crippen molar-refractivity contribution in [2.24, 2.45) is 0 Å². The van der Waals surface area contributed by atoms with Crippen molar-refractivity contribution in [2.75, 3.05) is 13.7 Å². The number of esters is 1. The Morgan fingerprint density at radius 1 is 1.56 bits per heavy atom. The summed E-state index contributed by atoms with van der Waals surface area (Å²) < 4.78 is 4.40. The van der Waals surface area contributed by atoms with Gasteiger partial charge in [-0.1, -0.05) is 0 Å². The van der Waals surface area contributed by atoms with Crippen molar-refractivity contribution < 1.29 is 20.1 Å². The van der Waals surface area contributed by atoms with E-state index in [9.17, 15) is 4.79 Å². The van der Waals surface area contributed by atoms with Gasteiger partial charge in [0.1, 0.15) is 0 Å². The normalized spacial score (nSPS) is 5.78. The molecule has 3 N–H and O–H groups in total. The Bertz CT molecular complexity index is 52.9. The van der Waals surface area contributed by atoms with Crippen molar-refractivity contribution in [3.63, 3.8) is 0 Å². The summed E-state index contributed by atoms with van der Waals surface area (Å²) in [7, 11) is 1.00. The molecular weight excluding hydrogens is 124 g/mol. The van der Waals surface area contributed by atoms with Crippen LogP contribution < -0.4 is 0 Å². The van der Waals surface area contributed by atoms with Gasteiger partial charge in [0.25, 0.3) is 0 Å². The second-order valence-electron chi connectivity index (χ2n) is 0.925. The molecule has 0 aliphatic heterocycles. The van der Waals surface area contributed by atoms with E-state index in [0.717, 1.165) is 7.11 Å². The zero-order valence-corrected chi connectivity index (χ0v) is 5.97. The summed E-state index contributed by atoms with van der Waals surface area (Å²) in [6.07, 6.45) is 0. The Morgan fingerprint density at radius 3 is 1.89 bits per heavy atom. The molecule has 0 aliphatic carbocycles. The van der Waals surface area contributed by atoms with Crippen LogP contribution in [0.25, 0.3) is 0 Å². The highest BCUT2D eigenvalue weighted by molar-refractivity contribution is 5.65. The van der Waals surface area contributed by atoms with E-state index in [1.54, 1.807) is 6.92 Å². The number of ether oxygens (including phenoxy) is 1. The number of carbonyl (C=O) groups excluding carboxylic acids is 1. The van der Waals surface area contributed by atoms with E-state index in [1.165, 1.54) is 6.92 Å². The molecule has 0 aromatic rings. The van der Waals surface area contributed by atoms with E-state index in [1.807, 2.05) is 0 Å². The zero-order chi connectivity index (χ0) is 6.99. The molecule has 0 atom stereocenters. The molecule has 0 rings (SSSR count). The van der Waals surface area contributed by atoms with Crippen molar-refractivity contribution in [3.8, 4) is 0 Å². The average molecular weight is 138 g/mol. The van der Waals surface area contributed by atoms with Crippen molar-refractivity contribution in [3.05, 3.63) is 0 Å². The Labute approximate surface area is 54.8 Å². The average Bonchev–Trinajstić information content (AvgIpc) is 1.72. The van der Waals surface area contributed by atoms with Crippen LogP contribution in [0, 0.1) is 0 Å². The summed E-state index contributed by atoms with van der Waals surface area (Å²) in [5.41, 5.74) is 0. The zero-order valence-electron chi connectivity index (χ0n) is 5.97. The van der Waals surface area contributed by atoms with Gasteiger partial charge in [0.2, 0.25) is 0 Å². The van der Waals surface area contributed by atoms with E-state index in [2.05, 4.69) is 4.74 Å². The summed E-state index contributed by atoms with van der Waals surface area (Å²) in [4.78, 5) is 9.82. The maximum Gasteiger partial charge on any atom is 0.302 e. The van der Waals surface area contributed by atoms with Crippen LogP contribution in [-0.2, 0) is 9.53 Å². The Balaban J connectivity index is -0.000000109. The number of rotatable bonds is 1. The maximum absolute atomic E-state index is 9.82. The highest BCUT2D eigenvalue weighted by Crippen LogP contribution is 1.69. The van der Waals surface area contributed by atoms with Crippen LogP contribution in [0.2, 0.25) is 0 Å². The molecule has 0 aliphatic rings. The Hall–Kier alpha value is -0.610. The third-order valence-corrected chi connectivity index (χ3v) is 0.348. The molecule has 0 aromatic carbocycles. The molecule has 0 fully saturated rings. The highest BCUT2D eigenvalue weighted by atomic mass is 16.5. The summed E-state index contributed by atoms with van der Waals surface area (Å²) >= 11 is 0. The lowest BCUT2D eigenvalue weighted by atomic mass is 10.8. The molecule has 0 saturated carbocycles. The molecule has 0 spiro atoms. The minimum absolute atomic E-state index is 0. The quantitative estimate of drug-likeness (QED) is 0.489. The number of aliphatic hydroxyl groups excluding tert-OH is 1. The van der Waals surface area contributed by atoms with Gasteiger partial charge in [-0.15, -0.1) is 0 Å². The standard InChI is InChI=1S/C4H8O2.CH4O.H2O/c1-3-6-4(2)5;1-2;/h3H2,1-2H3;2H,1H3;1H2. The van der Waals surface area contributed by atoms with Gasteiger partial charge >= 0.3 is 5.97 Å². The fraction of sp³-hybridized carbons (Fsp3) is 0.800. The number of hydrogen-bond donors (Lipinski definition) is 1. The largest absolute Gasteiger partial charge is 0.466 e. The minimum atomic E-state index is -0.211. The lowest BCUT2D eigenvalue weighted by Crippen LogP contribution is -1.95. The molecule has 4 heteroatoms. The first-order valence-electron chi connectivity index (χ1n) is 2.35. The predicted molar refractivity (Wildman–Crippen MR) is 34.1 cm³/mol. The van der Waals surface area contributed by atoms with Crippen LogP contribution in [0.15, 0.2) is 0 Å². The molecule has 58 valence electrons. The van der Waals surface area contributed by atoms with Gasteiger partial charge in [0.05, 0.1) is 6.61 Å². The van der Waals surface area contributed by atoms with Crippen LogP contribution in [0.5, 0.6) is 0 Å². The highest BCUT2D eigenvalue weighted by Gasteiger charge is 1.81. The summed E-state index contributed by atoms with van der Waals surface area (Å²) in [6.45, 7) is 3.65. The first-order valence-corrected chi connectivity index (χ1v) is 2.35. The van der Waals surface area contributed by atoms with E-state index < -0.39 is 0 Å². The monoisotopic (exact) mass is 138 g/mol. The molecule has 0 aromatic heterocycles. The lowest BCUT2D eigenvalue weighted by molar-refractivity contribution is -0.140. The molecule has 0 amide bonds. The van der Waals surface area contributed by atoms with Crippen molar-refractivity contribution in [1.82, 2.24) is 0 Å². The first kappa shape index (κ1) is 15.8. The van der Waals surface area contributed by atoms with E-state index in [0.29, 0.717) is 6.61 Å². The van der Waals surface area contributed by atoms with Crippen LogP contribution in [0.3, 0.4) is 0 Å². The molecular formula is C5H14O4. The maximum atomic E-state index is 9.82. The predicted octanol–water partition coefficient (Wildman–Crippen LogP) is -0.647. The molecule has 0 heterocycles. The van der Waals surface area contributed by atoms with Gasteiger partial charge in [0, 0.05) is 14.0 Å². The molecule has 4 nitrogen and oxygen atoms in total. The van der Waals surface area contributed by atoms with Crippen molar-refractivity contribution in [2.45, 2.75) is 13.8 Å². The van der Waals surface area contributed by atoms with Gasteiger partial charge in [-0.25, -0.2) is 0 Å².